The van der Waals surface area contributed by atoms with Crippen LogP contribution in [0.2, 0.25) is 0 Å². The predicted molar refractivity (Wildman–Crippen MR) is 96.8 cm³/mol. The molecule has 156 valence electrons. The number of hydrogen-bond donors (Lipinski definition) is 1. The van der Waals surface area contributed by atoms with Crippen LogP contribution in [0.5, 0.6) is 5.75 Å². The molecule has 0 saturated carbocycles. The van der Waals surface area contributed by atoms with Gasteiger partial charge in [0, 0.05) is 31.5 Å². The fourth-order valence-electron chi connectivity index (χ4n) is 3.06. The van der Waals surface area contributed by atoms with Gasteiger partial charge in [0.05, 0.1) is 17.2 Å². The molecule has 1 spiro atoms. The van der Waals surface area contributed by atoms with Crippen molar-refractivity contribution in [2.75, 3.05) is 18.8 Å². The number of amides is 1. The first-order valence-corrected chi connectivity index (χ1v) is 9.51. The highest BCUT2D eigenvalue weighted by atomic mass is 32.2. The number of nitrogens with zero attached hydrogens (tertiary/aromatic N) is 2. The van der Waals surface area contributed by atoms with Crippen molar-refractivity contribution < 1.29 is 37.0 Å². The summed E-state index contributed by atoms with van der Waals surface area (Å²) in [7, 11) is 0. The number of rotatable bonds is 3. The molecule has 2 aromatic heterocycles. The van der Waals surface area contributed by atoms with Gasteiger partial charge < -0.3 is 19.2 Å². The molecular formula is C18H17F3N2O5S. The molecule has 11 heteroatoms. The van der Waals surface area contributed by atoms with Crippen molar-refractivity contribution in [2.24, 2.45) is 0 Å². The van der Waals surface area contributed by atoms with E-state index in [1.165, 1.54) is 6.26 Å². The van der Waals surface area contributed by atoms with Crippen LogP contribution >= 0.6 is 11.8 Å². The fraction of sp³-hybridized carbons (Fsp3) is 0.389. The molecule has 7 nitrogen and oxygen atoms in total. The molecule has 1 unspecified atom stereocenters. The van der Waals surface area contributed by atoms with Gasteiger partial charge >= 0.3 is 12.1 Å². The molecule has 2 aliphatic heterocycles. The van der Waals surface area contributed by atoms with Crippen molar-refractivity contribution in [1.82, 2.24) is 9.88 Å². The second-order valence-corrected chi connectivity index (χ2v) is 8.06. The van der Waals surface area contributed by atoms with E-state index in [2.05, 4.69) is 4.98 Å². The van der Waals surface area contributed by atoms with Crippen molar-refractivity contribution in [1.29, 1.82) is 0 Å². The number of alkyl halides is 3. The summed E-state index contributed by atoms with van der Waals surface area (Å²) < 4.78 is 43.0. The number of likely N-dealkylation sites (tertiary alicyclic amines) is 1. The molecule has 2 fully saturated rings. The maximum atomic E-state index is 12.2. The van der Waals surface area contributed by atoms with Gasteiger partial charge in [0.2, 0.25) is 0 Å². The monoisotopic (exact) mass is 430 g/mol. The number of carboxylic acids is 1. The lowest BCUT2D eigenvalue weighted by Crippen LogP contribution is -2.60. The summed E-state index contributed by atoms with van der Waals surface area (Å²) in [5.41, 5.74) is 0. The minimum Gasteiger partial charge on any atom is -0.488 e. The molecular weight excluding hydrogens is 413 g/mol. The van der Waals surface area contributed by atoms with Gasteiger partial charge in [-0.15, -0.1) is 11.8 Å². The van der Waals surface area contributed by atoms with E-state index in [1.54, 1.807) is 24.5 Å². The van der Waals surface area contributed by atoms with Crippen LogP contribution in [0.3, 0.4) is 0 Å². The summed E-state index contributed by atoms with van der Waals surface area (Å²) in [4.78, 5) is 27.0. The number of carboxylic acid groups (broad SMARTS) is 1. The molecule has 0 aliphatic carbocycles. The number of hydrogen-bond acceptors (Lipinski definition) is 6. The van der Waals surface area contributed by atoms with Crippen molar-refractivity contribution >= 4 is 23.6 Å². The number of thioether (sulfide) groups is 1. The number of furan rings is 1. The molecule has 0 bridgehead atoms. The van der Waals surface area contributed by atoms with Crippen molar-refractivity contribution in [3.05, 3.63) is 48.7 Å². The zero-order valence-corrected chi connectivity index (χ0v) is 15.8. The third kappa shape index (κ3) is 5.22. The summed E-state index contributed by atoms with van der Waals surface area (Å²) >= 11 is 1.91. The van der Waals surface area contributed by atoms with E-state index in [9.17, 15) is 18.0 Å². The van der Waals surface area contributed by atoms with Gasteiger partial charge in [-0.3, -0.25) is 9.78 Å². The number of halogens is 3. The third-order valence-corrected chi connectivity index (χ3v) is 5.91. The van der Waals surface area contributed by atoms with Gasteiger partial charge in [0.1, 0.15) is 11.9 Å². The van der Waals surface area contributed by atoms with Crippen LogP contribution in [0.1, 0.15) is 17.0 Å². The van der Waals surface area contributed by atoms with E-state index in [1.807, 2.05) is 28.8 Å². The summed E-state index contributed by atoms with van der Waals surface area (Å²) in [6.07, 6.45) is 1.08. The lowest BCUT2D eigenvalue weighted by molar-refractivity contribution is -0.192. The quantitative estimate of drug-likeness (QED) is 0.800. The molecule has 4 rings (SSSR count). The number of pyridine rings is 1. The molecule has 29 heavy (non-hydrogen) atoms. The molecule has 2 saturated heterocycles. The Morgan fingerprint density at radius 3 is 2.59 bits per heavy atom. The zero-order chi connectivity index (χ0) is 21.1. The number of carbonyl (C=O) groups is 2. The average molecular weight is 430 g/mol. The molecule has 0 radical (unpaired) electrons. The van der Waals surface area contributed by atoms with Crippen LogP contribution in [-0.4, -0.2) is 62.7 Å². The SMILES string of the molecule is O=C(O)C(F)(F)F.O=C(c1ccco1)N1CC2(CC(Oc3cccnc3)CS2)C1. The average Bonchev–Trinajstić information content (AvgIpc) is 3.31. The second kappa shape index (κ2) is 8.36. The Bertz CT molecular complexity index is 839. The molecule has 1 N–H and O–H groups in total. The van der Waals surface area contributed by atoms with Crippen LogP contribution in [-0.2, 0) is 4.79 Å². The Balaban J connectivity index is 0.000000298. The van der Waals surface area contributed by atoms with Crippen LogP contribution in [0.15, 0.2) is 47.3 Å². The fourth-order valence-corrected chi connectivity index (χ4v) is 4.58. The van der Waals surface area contributed by atoms with Crippen molar-refractivity contribution in [3.8, 4) is 5.75 Å². The molecule has 1 atom stereocenters. The smallest absolute Gasteiger partial charge is 0.488 e. The van der Waals surface area contributed by atoms with Gasteiger partial charge in [-0.2, -0.15) is 13.2 Å². The van der Waals surface area contributed by atoms with Crippen LogP contribution in [0.4, 0.5) is 13.2 Å². The van der Waals surface area contributed by atoms with E-state index in [-0.39, 0.29) is 16.8 Å². The lowest BCUT2D eigenvalue weighted by Gasteiger charge is -2.46. The minimum absolute atomic E-state index is 0.0205. The molecule has 2 aromatic rings. The summed E-state index contributed by atoms with van der Waals surface area (Å²) in [6.45, 7) is 1.54. The van der Waals surface area contributed by atoms with Crippen molar-refractivity contribution in [3.63, 3.8) is 0 Å². The van der Waals surface area contributed by atoms with Crippen LogP contribution in [0, 0.1) is 0 Å². The van der Waals surface area contributed by atoms with Gasteiger partial charge in [-0.25, -0.2) is 4.79 Å². The molecule has 0 aromatic carbocycles. The Kier molecular flexibility index (Phi) is 6.06. The number of aromatic nitrogens is 1. The number of carbonyl (C=O) groups excluding carboxylic acids is 1. The summed E-state index contributed by atoms with van der Waals surface area (Å²) in [5.74, 6) is -0.591. The Morgan fingerprint density at radius 2 is 2.03 bits per heavy atom. The highest BCUT2D eigenvalue weighted by Gasteiger charge is 2.51. The van der Waals surface area contributed by atoms with Gasteiger partial charge in [0.25, 0.3) is 5.91 Å². The molecule has 4 heterocycles. The first kappa shape index (κ1) is 21.0. The summed E-state index contributed by atoms with van der Waals surface area (Å²) in [6, 6.07) is 7.25. The largest absolute Gasteiger partial charge is 0.490 e. The standard InChI is InChI=1S/C16H16N2O3S.C2HF3O2/c19-15(14-4-2-6-20-14)18-10-16(11-18)7-13(9-22-16)21-12-3-1-5-17-8-12;3-2(4,5)1(6)7/h1-6,8,13H,7,9-11H2;(H,6,7). The lowest BCUT2D eigenvalue weighted by atomic mass is 9.92. The van der Waals surface area contributed by atoms with E-state index in [4.69, 9.17) is 19.1 Å². The maximum absolute atomic E-state index is 12.2. The highest BCUT2D eigenvalue weighted by Crippen LogP contribution is 2.46. The Labute approximate surface area is 167 Å². The van der Waals surface area contributed by atoms with E-state index in [0.29, 0.717) is 5.76 Å². The molecule has 2 aliphatic rings. The number of aliphatic carboxylic acids is 1. The van der Waals surface area contributed by atoms with Gasteiger partial charge in [-0.1, -0.05) is 0 Å². The van der Waals surface area contributed by atoms with Gasteiger partial charge in [-0.05, 0) is 24.3 Å². The van der Waals surface area contributed by atoms with E-state index < -0.39 is 12.1 Å². The normalized spacial score (nSPS) is 19.8. The van der Waals surface area contributed by atoms with Crippen LogP contribution < -0.4 is 4.74 Å². The zero-order valence-electron chi connectivity index (χ0n) is 15.0. The van der Waals surface area contributed by atoms with Crippen LogP contribution in [0.25, 0.3) is 0 Å². The van der Waals surface area contributed by atoms with Gasteiger partial charge in [0.15, 0.2) is 5.76 Å². The highest BCUT2D eigenvalue weighted by molar-refractivity contribution is 8.01. The van der Waals surface area contributed by atoms with Crippen molar-refractivity contribution in [2.45, 2.75) is 23.4 Å². The Morgan fingerprint density at radius 1 is 1.31 bits per heavy atom. The minimum atomic E-state index is -5.08. The predicted octanol–water partition coefficient (Wildman–Crippen LogP) is 3.09. The van der Waals surface area contributed by atoms with E-state index >= 15 is 0 Å². The molecule has 1 amide bonds. The first-order valence-electron chi connectivity index (χ1n) is 8.52. The topological polar surface area (TPSA) is 92.9 Å². The second-order valence-electron chi connectivity index (χ2n) is 6.57. The first-order chi connectivity index (χ1) is 13.7. The van der Waals surface area contributed by atoms with E-state index in [0.717, 1.165) is 31.0 Å². The third-order valence-electron chi connectivity index (χ3n) is 4.33. The summed E-state index contributed by atoms with van der Waals surface area (Å²) in [5, 5.41) is 7.12. The Hall–Kier alpha value is -2.69. The number of ether oxygens (including phenoxy) is 1. The maximum Gasteiger partial charge on any atom is 0.490 e.